The monoisotopic (exact) mass is 261 g/mol. The summed E-state index contributed by atoms with van der Waals surface area (Å²) in [5.41, 5.74) is 7.04. The molecule has 19 heavy (non-hydrogen) atoms. The Bertz CT molecular complexity index is 430. The Morgan fingerprint density at radius 2 is 2.16 bits per heavy atom. The number of hydrogen-bond donors (Lipinski definition) is 1. The maximum atomic E-state index is 12.4. The molecule has 2 heterocycles. The van der Waals surface area contributed by atoms with Gasteiger partial charge in [0.05, 0.1) is 0 Å². The molecule has 4 nitrogen and oxygen atoms in total. The summed E-state index contributed by atoms with van der Waals surface area (Å²) in [6, 6.07) is 4.15. The smallest absolute Gasteiger partial charge is 0.223 e. The lowest BCUT2D eigenvalue weighted by molar-refractivity contribution is -0.138. The first kappa shape index (κ1) is 14.0. The molecule has 0 saturated carbocycles. The van der Waals surface area contributed by atoms with Gasteiger partial charge in [-0.1, -0.05) is 0 Å². The molecule has 1 aromatic rings. The lowest BCUT2D eigenvalue weighted by atomic mass is 9.87. The Morgan fingerprint density at radius 3 is 2.79 bits per heavy atom. The van der Waals surface area contributed by atoms with Gasteiger partial charge >= 0.3 is 0 Å². The molecule has 0 radical (unpaired) electrons. The molecular weight excluding hydrogens is 238 g/mol. The second-order valence-electron chi connectivity index (χ2n) is 5.97. The number of hydrogen-bond acceptors (Lipinski definition) is 3. The van der Waals surface area contributed by atoms with E-state index < -0.39 is 0 Å². The van der Waals surface area contributed by atoms with Crippen LogP contribution in [0.25, 0.3) is 0 Å². The fourth-order valence-electron chi connectivity index (χ4n) is 2.85. The largest absolute Gasteiger partial charge is 0.337 e. The molecule has 0 spiro atoms. The van der Waals surface area contributed by atoms with Gasteiger partial charge in [0.15, 0.2) is 0 Å². The van der Waals surface area contributed by atoms with Crippen LogP contribution < -0.4 is 5.73 Å². The molecule has 1 aliphatic heterocycles. The van der Waals surface area contributed by atoms with E-state index in [1.807, 2.05) is 17.0 Å². The van der Waals surface area contributed by atoms with Crippen molar-refractivity contribution in [1.82, 2.24) is 9.88 Å². The van der Waals surface area contributed by atoms with Crippen molar-refractivity contribution in [2.24, 2.45) is 5.73 Å². The highest BCUT2D eigenvalue weighted by atomic mass is 16.2. The van der Waals surface area contributed by atoms with Crippen molar-refractivity contribution in [2.75, 3.05) is 6.54 Å². The summed E-state index contributed by atoms with van der Waals surface area (Å²) in [5.74, 6) is 0.230. The molecule has 2 N–H and O–H groups in total. The molecule has 0 aliphatic carbocycles. The molecule has 1 atom stereocenters. The van der Waals surface area contributed by atoms with Crippen LogP contribution in [0, 0.1) is 0 Å². The summed E-state index contributed by atoms with van der Waals surface area (Å²) in [5, 5.41) is 0. The van der Waals surface area contributed by atoms with Crippen molar-refractivity contribution >= 4 is 5.91 Å². The summed E-state index contributed by atoms with van der Waals surface area (Å²) >= 11 is 0. The van der Waals surface area contributed by atoms with Gasteiger partial charge in [0, 0.05) is 36.9 Å². The molecule has 1 amide bonds. The van der Waals surface area contributed by atoms with Gasteiger partial charge in [-0.2, -0.15) is 0 Å². The van der Waals surface area contributed by atoms with Crippen LogP contribution in [0.15, 0.2) is 24.5 Å². The van der Waals surface area contributed by atoms with Crippen LogP contribution in [-0.2, 0) is 11.2 Å². The summed E-state index contributed by atoms with van der Waals surface area (Å²) < 4.78 is 0. The average molecular weight is 261 g/mol. The molecule has 1 fully saturated rings. The fourth-order valence-corrected chi connectivity index (χ4v) is 2.85. The molecule has 1 saturated heterocycles. The number of aryl methyl sites for hydroxylation is 1. The summed E-state index contributed by atoms with van der Waals surface area (Å²) in [6.45, 7) is 5.00. The average Bonchev–Trinajstić information content (AvgIpc) is 2.36. The minimum Gasteiger partial charge on any atom is -0.337 e. The van der Waals surface area contributed by atoms with E-state index in [4.69, 9.17) is 5.73 Å². The SMILES string of the molecule is CC1(C)CC(N)CCN1C(=O)CCc1ccncc1. The zero-order valence-corrected chi connectivity index (χ0v) is 11.8. The first-order chi connectivity index (χ1) is 8.99. The van der Waals surface area contributed by atoms with Crippen LogP contribution in [0.1, 0.15) is 38.7 Å². The summed E-state index contributed by atoms with van der Waals surface area (Å²) in [6.07, 6.45) is 6.66. The molecule has 1 aromatic heterocycles. The zero-order chi connectivity index (χ0) is 13.9. The number of nitrogens with zero attached hydrogens (tertiary/aromatic N) is 2. The number of nitrogens with two attached hydrogens (primary N) is 1. The van der Waals surface area contributed by atoms with Crippen molar-refractivity contribution < 1.29 is 4.79 Å². The molecule has 1 aliphatic rings. The quantitative estimate of drug-likeness (QED) is 0.901. The molecule has 0 aromatic carbocycles. The third-order valence-electron chi connectivity index (χ3n) is 3.89. The minimum atomic E-state index is -0.118. The van der Waals surface area contributed by atoms with Crippen LogP contribution in [0.5, 0.6) is 0 Å². The number of piperidine rings is 1. The molecule has 2 rings (SSSR count). The number of pyridine rings is 1. The number of amides is 1. The van der Waals surface area contributed by atoms with E-state index in [9.17, 15) is 4.79 Å². The van der Waals surface area contributed by atoms with Gasteiger partial charge in [-0.15, -0.1) is 0 Å². The standard InChI is InChI=1S/C15H23N3O/c1-15(2)11-13(16)7-10-18(15)14(19)4-3-12-5-8-17-9-6-12/h5-6,8-9,13H,3-4,7,10-11,16H2,1-2H3. The van der Waals surface area contributed by atoms with E-state index in [0.29, 0.717) is 6.42 Å². The highest BCUT2D eigenvalue weighted by molar-refractivity contribution is 5.77. The lowest BCUT2D eigenvalue weighted by Gasteiger charge is -2.45. The molecule has 1 unspecified atom stereocenters. The van der Waals surface area contributed by atoms with Crippen molar-refractivity contribution in [3.05, 3.63) is 30.1 Å². The van der Waals surface area contributed by atoms with E-state index >= 15 is 0 Å². The van der Waals surface area contributed by atoms with E-state index in [0.717, 1.165) is 31.4 Å². The third kappa shape index (κ3) is 3.53. The number of rotatable bonds is 3. The first-order valence-electron chi connectivity index (χ1n) is 6.94. The second-order valence-corrected chi connectivity index (χ2v) is 5.97. The minimum absolute atomic E-state index is 0.118. The second kappa shape index (κ2) is 5.70. The molecule has 0 bridgehead atoms. The van der Waals surface area contributed by atoms with Crippen molar-refractivity contribution in [3.63, 3.8) is 0 Å². The number of likely N-dealkylation sites (tertiary alicyclic amines) is 1. The highest BCUT2D eigenvalue weighted by Gasteiger charge is 2.35. The van der Waals surface area contributed by atoms with Crippen LogP contribution >= 0.6 is 0 Å². The van der Waals surface area contributed by atoms with Gasteiger partial charge in [-0.05, 0) is 50.8 Å². The topological polar surface area (TPSA) is 59.2 Å². The summed E-state index contributed by atoms with van der Waals surface area (Å²) in [4.78, 5) is 18.3. The van der Waals surface area contributed by atoms with Crippen LogP contribution in [-0.4, -0.2) is 33.9 Å². The number of aromatic nitrogens is 1. The third-order valence-corrected chi connectivity index (χ3v) is 3.89. The Balaban J connectivity index is 1.93. The zero-order valence-electron chi connectivity index (χ0n) is 11.8. The summed E-state index contributed by atoms with van der Waals surface area (Å²) in [7, 11) is 0. The molecule has 4 heteroatoms. The van der Waals surface area contributed by atoms with Gasteiger partial charge in [-0.25, -0.2) is 0 Å². The Kier molecular flexibility index (Phi) is 4.20. The highest BCUT2D eigenvalue weighted by Crippen LogP contribution is 2.27. The Hall–Kier alpha value is -1.42. The first-order valence-corrected chi connectivity index (χ1v) is 6.94. The number of carbonyl (C=O) groups is 1. The molecule has 104 valence electrons. The van der Waals surface area contributed by atoms with E-state index in [1.165, 1.54) is 0 Å². The normalized spacial score (nSPS) is 22.3. The maximum absolute atomic E-state index is 12.4. The van der Waals surface area contributed by atoms with Gasteiger partial charge in [0.25, 0.3) is 0 Å². The van der Waals surface area contributed by atoms with Gasteiger partial charge in [-0.3, -0.25) is 9.78 Å². The lowest BCUT2D eigenvalue weighted by Crippen LogP contribution is -2.55. The van der Waals surface area contributed by atoms with Gasteiger partial charge in [0.1, 0.15) is 0 Å². The fraction of sp³-hybridized carbons (Fsp3) is 0.600. The predicted octanol–water partition coefficient (Wildman–Crippen LogP) is 1.74. The van der Waals surface area contributed by atoms with E-state index in [2.05, 4.69) is 18.8 Å². The molecular formula is C15H23N3O. The van der Waals surface area contributed by atoms with Crippen molar-refractivity contribution in [3.8, 4) is 0 Å². The van der Waals surface area contributed by atoms with Crippen LogP contribution in [0.3, 0.4) is 0 Å². The van der Waals surface area contributed by atoms with Crippen molar-refractivity contribution in [1.29, 1.82) is 0 Å². The van der Waals surface area contributed by atoms with Gasteiger partial charge < -0.3 is 10.6 Å². The van der Waals surface area contributed by atoms with Gasteiger partial charge in [0.2, 0.25) is 5.91 Å². The Morgan fingerprint density at radius 1 is 1.47 bits per heavy atom. The van der Waals surface area contributed by atoms with E-state index in [1.54, 1.807) is 12.4 Å². The van der Waals surface area contributed by atoms with Crippen LogP contribution in [0.4, 0.5) is 0 Å². The van der Waals surface area contributed by atoms with Crippen molar-refractivity contribution in [2.45, 2.75) is 51.1 Å². The predicted molar refractivity (Wildman–Crippen MR) is 75.6 cm³/mol. The number of carbonyl (C=O) groups excluding carboxylic acids is 1. The Labute approximate surface area is 115 Å². The van der Waals surface area contributed by atoms with Crippen LogP contribution in [0.2, 0.25) is 0 Å². The van der Waals surface area contributed by atoms with E-state index in [-0.39, 0.29) is 17.5 Å². The maximum Gasteiger partial charge on any atom is 0.223 e.